The number of benzene rings is 1. The maximum Gasteiger partial charge on any atom is 0.241 e. The van der Waals surface area contributed by atoms with Gasteiger partial charge in [-0.1, -0.05) is 6.07 Å². The average molecular weight is 245 g/mol. The van der Waals surface area contributed by atoms with Gasteiger partial charge in [0.1, 0.15) is 5.75 Å². The van der Waals surface area contributed by atoms with Crippen molar-refractivity contribution in [3.8, 4) is 5.75 Å². The summed E-state index contributed by atoms with van der Waals surface area (Å²) in [7, 11) is 0. The second kappa shape index (κ2) is 7.09. The highest BCUT2D eigenvalue weighted by molar-refractivity contribution is 5.94. The first kappa shape index (κ1) is 14.7. The summed E-state index contributed by atoms with van der Waals surface area (Å²) in [5, 5.41) is 2.70. The zero-order valence-corrected chi connectivity index (χ0v) is 10.2. The minimum absolute atomic E-state index is 0. The molecule has 0 aliphatic carbocycles. The molecule has 0 saturated heterocycles. The molecule has 1 rings (SSSR count). The van der Waals surface area contributed by atoms with Crippen molar-refractivity contribution in [3.05, 3.63) is 24.3 Å². The van der Waals surface area contributed by atoms with E-state index in [0.717, 1.165) is 5.75 Å². The molecule has 5 heteroatoms. The topological polar surface area (TPSA) is 64.3 Å². The molecule has 0 bridgehead atoms. The lowest BCUT2D eigenvalue weighted by molar-refractivity contribution is -0.117. The third-order valence-corrected chi connectivity index (χ3v) is 1.83. The number of hydrogen-bond donors (Lipinski definition) is 2. The van der Waals surface area contributed by atoms with E-state index in [2.05, 4.69) is 5.32 Å². The van der Waals surface area contributed by atoms with Gasteiger partial charge in [-0.3, -0.25) is 4.79 Å². The Kier molecular flexibility index (Phi) is 6.53. The standard InChI is InChI=1S/C11H16N2O2.ClH/c1-3-15-10-6-4-5-9(7-10)13-11(14)8(2)12;/h4-8H,3,12H2,1-2H3,(H,13,14);1H/t8-;/m0./s1. The van der Waals surface area contributed by atoms with Crippen molar-refractivity contribution < 1.29 is 9.53 Å². The molecular weight excluding hydrogens is 228 g/mol. The SMILES string of the molecule is CCOc1cccc(NC(=O)[C@H](C)N)c1.Cl. The average Bonchev–Trinajstić information content (AvgIpc) is 2.18. The second-order valence-electron chi connectivity index (χ2n) is 3.24. The maximum atomic E-state index is 11.3. The lowest BCUT2D eigenvalue weighted by atomic mass is 10.2. The van der Waals surface area contributed by atoms with Crippen LogP contribution in [0.15, 0.2) is 24.3 Å². The minimum Gasteiger partial charge on any atom is -0.494 e. The van der Waals surface area contributed by atoms with E-state index in [1.165, 1.54) is 0 Å². The van der Waals surface area contributed by atoms with Crippen LogP contribution in [-0.2, 0) is 4.79 Å². The van der Waals surface area contributed by atoms with Crippen LogP contribution < -0.4 is 15.8 Å². The van der Waals surface area contributed by atoms with Gasteiger partial charge in [0.2, 0.25) is 5.91 Å². The highest BCUT2D eigenvalue weighted by atomic mass is 35.5. The first-order valence-corrected chi connectivity index (χ1v) is 4.92. The molecule has 1 atom stereocenters. The Morgan fingerprint density at radius 2 is 2.25 bits per heavy atom. The lowest BCUT2D eigenvalue weighted by Gasteiger charge is -2.09. The first-order chi connectivity index (χ1) is 7.13. The number of amides is 1. The fourth-order valence-corrected chi connectivity index (χ4v) is 1.09. The summed E-state index contributed by atoms with van der Waals surface area (Å²) in [6.45, 7) is 4.15. The van der Waals surface area contributed by atoms with Crippen molar-refractivity contribution in [3.63, 3.8) is 0 Å². The Balaban J connectivity index is 0.00000225. The third-order valence-electron chi connectivity index (χ3n) is 1.83. The number of ether oxygens (including phenoxy) is 1. The molecule has 0 aliphatic heterocycles. The van der Waals surface area contributed by atoms with Gasteiger partial charge in [0.25, 0.3) is 0 Å². The van der Waals surface area contributed by atoms with Crippen LogP contribution in [-0.4, -0.2) is 18.6 Å². The van der Waals surface area contributed by atoms with E-state index < -0.39 is 6.04 Å². The van der Waals surface area contributed by atoms with E-state index in [0.29, 0.717) is 12.3 Å². The van der Waals surface area contributed by atoms with Crippen LogP contribution >= 0.6 is 12.4 Å². The molecule has 90 valence electrons. The van der Waals surface area contributed by atoms with Crippen molar-refractivity contribution in [1.29, 1.82) is 0 Å². The van der Waals surface area contributed by atoms with E-state index in [-0.39, 0.29) is 18.3 Å². The Labute approximate surface area is 102 Å². The van der Waals surface area contributed by atoms with Gasteiger partial charge in [0, 0.05) is 11.8 Å². The largest absolute Gasteiger partial charge is 0.494 e. The molecule has 1 aromatic rings. The Morgan fingerprint density at radius 1 is 1.56 bits per heavy atom. The first-order valence-electron chi connectivity index (χ1n) is 4.92. The molecular formula is C11H17ClN2O2. The molecule has 1 amide bonds. The Morgan fingerprint density at radius 3 is 2.81 bits per heavy atom. The van der Waals surface area contributed by atoms with Crippen LogP contribution in [0, 0.1) is 0 Å². The van der Waals surface area contributed by atoms with Crippen molar-refractivity contribution in [2.75, 3.05) is 11.9 Å². The summed E-state index contributed by atoms with van der Waals surface area (Å²) >= 11 is 0. The highest BCUT2D eigenvalue weighted by Crippen LogP contribution is 2.17. The number of nitrogens with two attached hydrogens (primary N) is 1. The zero-order valence-electron chi connectivity index (χ0n) is 9.40. The molecule has 0 aromatic heterocycles. The summed E-state index contributed by atoms with van der Waals surface area (Å²) in [6, 6.07) is 6.71. The molecule has 0 spiro atoms. The van der Waals surface area contributed by atoms with Gasteiger partial charge in [-0.05, 0) is 26.0 Å². The molecule has 0 unspecified atom stereocenters. The van der Waals surface area contributed by atoms with Crippen LogP contribution in [0.2, 0.25) is 0 Å². The molecule has 4 nitrogen and oxygen atoms in total. The van der Waals surface area contributed by atoms with Gasteiger partial charge in [-0.25, -0.2) is 0 Å². The van der Waals surface area contributed by atoms with Crippen LogP contribution in [0.1, 0.15) is 13.8 Å². The number of nitrogens with one attached hydrogen (secondary N) is 1. The Hall–Kier alpha value is -1.26. The normalized spacial score (nSPS) is 11.2. The van der Waals surface area contributed by atoms with E-state index in [1.54, 1.807) is 19.1 Å². The van der Waals surface area contributed by atoms with Crippen molar-refractivity contribution in [2.24, 2.45) is 5.73 Å². The fourth-order valence-electron chi connectivity index (χ4n) is 1.09. The van der Waals surface area contributed by atoms with Gasteiger partial charge >= 0.3 is 0 Å². The summed E-state index contributed by atoms with van der Waals surface area (Å²) in [5.74, 6) is 0.531. The third kappa shape index (κ3) is 4.51. The van der Waals surface area contributed by atoms with E-state index in [1.807, 2.05) is 19.1 Å². The second-order valence-corrected chi connectivity index (χ2v) is 3.24. The molecule has 0 aliphatic rings. The minimum atomic E-state index is -0.513. The van der Waals surface area contributed by atoms with Crippen molar-refractivity contribution in [1.82, 2.24) is 0 Å². The van der Waals surface area contributed by atoms with Gasteiger partial charge in [-0.15, -0.1) is 12.4 Å². The quantitative estimate of drug-likeness (QED) is 0.849. The van der Waals surface area contributed by atoms with Crippen LogP contribution in [0.4, 0.5) is 5.69 Å². The van der Waals surface area contributed by atoms with Crippen molar-refractivity contribution >= 4 is 24.0 Å². The van der Waals surface area contributed by atoms with E-state index in [4.69, 9.17) is 10.5 Å². The summed E-state index contributed by atoms with van der Waals surface area (Å²) in [5.41, 5.74) is 6.13. The van der Waals surface area contributed by atoms with E-state index in [9.17, 15) is 4.79 Å². The molecule has 1 aromatic carbocycles. The number of carbonyl (C=O) groups is 1. The number of anilines is 1. The fraction of sp³-hybridized carbons (Fsp3) is 0.364. The zero-order chi connectivity index (χ0) is 11.3. The van der Waals surface area contributed by atoms with Gasteiger partial charge in [0.15, 0.2) is 0 Å². The number of halogens is 1. The summed E-state index contributed by atoms with van der Waals surface area (Å²) in [6.07, 6.45) is 0. The van der Waals surface area contributed by atoms with Gasteiger partial charge in [-0.2, -0.15) is 0 Å². The molecule has 0 heterocycles. The monoisotopic (exact) mass is 244 g/mol. The molecule has 0 radical (unpaired) electrons. The van der Waals surface area contributed by atoms with Crippen molar-refractivity contribution in [2.45, 2.75) is 19.9 Å². The lowest BCUT2D eigenvalue weighted by Crippen LogP contribution is -2.32. The Bertz CT molecular complexity index is 343. The van der Waals surface area contributed by atoms with Crippen LogP contribution in [0.5, 0.6) is 5.75 Å². The predicted molar refractivity (Wildman–Crippen MR) is 67.1 cm³/mol. The summed E-state index contributed by atoms with van der Waals surface area (Å²) < 4.78 is 5.31. The van der Waals surface area contributed by atoms with Crippen LogP contribution in [0.3, 0.4) is 0 Å². The highest BCUT2D eigenvalue weighted by Gasteiger charge is 2.07. The molecule has 0 saturated carbocycles. The van der Waals surface area contributed by atoms with Gasteiger partial charge in [0.05, 0.1) is 12.6 Å². The number of hydrogen-bond acceptors (Lipinski definition) is 3. The predicted octanol–water partition coefficient (Wildman–Crippen LogP) is 1.79. The summed E-state index contributed by atoms with van der Waals surface area (Å²) in [4.78, 5) is 11.3. The molecule has 16 heavy (non-hydrogen) atoms. The molecule has 3 N–H and O–H groups in total. The van der Waals surface area contributed by atoms with E-state index >= 15 is 0 Å². The smallest absolute Gasteiger partial charge is 0.241 e. The molecule has 0 fully saturated rings. The maximum absolute atomic E-state index is 11.3. The number of rotatable bonds is 4. The van der Waals surface area contributed by atoms with Gasteiger partial charge < -0.3 is 15.8 Å². The van der Waals surface area contributed by atoms with Crippen LogP contribution in [0.25, 0.3) is 0 Å². The number of carbonyl (C=O) groups excluding carboxylic acids is 1.